The number of halogens is 3. The number of piperazine rings is 1. The van der Waals surface area contributed by atoms with Gasteiger partial charge in [0.1, 0.15) is 0 Å². The number of nitrogens with one attached hydrogen (secondary N) is 1. The van der Waals surface area contributed by atoms with E-state index in [1.807, 2.05) is 36.4 Å². The van der Waals surface area contributed by atoms with Gasteiger partial charge < -0.3 is 15.1 Å². The second kappa shape index (κ2) is 12.4. The first kappa shape index (κ1) is 28.8. The van der Waals surface area contributed by atoms with E-state index in [4.69, 9.17) is 0 Å². The van der Waals surface area contributed by atoms with Crippen molar-refractivity contribution in [3.8, 4) is 0 Å². The molecule has 4 nitrogen and oxygen atoms in total. The zero-order valence-electron chi connectivity index (χ0n) is 23.4. The van der Waals surface area contributed by atoms with E-state index >= 15 is 0 Å². The van der Waals surface area contributed by atoms with E-state index in [1.54, 1.807) is 12.1 Å². The van der Waals surface area contributed by atoms with Crippen molar-refractivity contribution < 1.29 is 18.0 Å². The first-order valence-corrected chi connectivity index (χ1v) is 14.5. The Hall–Kier alpha value is -3.74. The van der Waals surface area contributed by atoms with Crippen molar-refractivity contribution in [2.45, 2.75) is 56.2 Å². The molecule has 3 aromatic carbocycles. The molecule has 1 aliphatic carbocycles. The van der Waals surface area contributed by atoms with Crippen molar-refractivity contribution in [3.63, 3.8) is 0 Å². The summed E-state index contributed by atoms with van der Waals surface area (Å²) in [5.74, 6) is -0.0206. The van der Waals surface area contributed by atoms with E-state index in [-0.39, 0.29) is 11.8 Å². The fourth-order valence-electron chi connectivity index (χ4n) is 6.34. The zero-order valence-corrected chi connectivity index (χ0v) is 23.4. The molecule has 1 N–H and O–H groups in total. The molecule has 2 aliphatic rings. The highest BCUT2D eigenvalue weighted by Gasteiger charge is 2.40. The first-order chi connectivity index (χ1) is 19.7. The van der Waals surface area contributed by atoms with Gasteiger partial charge >= 0.3 is 6.18 Å². The highest BCUT2D eigenvalue weighted by molar-refractivity contribution is 5.79. The van der Waals surface area contributed by atoms with Gasteiger partial charge in [-0.3, -0.25) is 4.79 Å². The summed E-state index contributed by atoms with van der Waals surface area (Å²) < 4.78 is 39.0. The second-order valence-corrected chi connectivity index (χ2v) is 11.2. The Morgan fingerprint density at radius 3 is 1.85 bits per heavy atom. The summed E-state index contributed by atoms with van der Waals surface area (Å²) in [6.07, 6.45) is 0.942. The van der Waals surface area contributed by atoms with Crippen LogP contribution in [0.15, 0.2) is 97.2 Å². The Morgan fingerprint density at radius 1 is 0.805 bits per heavy atom. The number of carbonyl (C=O) groups is 1. The van der Waals surface area contributed by atoms with E-state index in [9.17, 15) is 18.0 Å². The van der Waals surface area contributed by atoms with Gasteiger partial charge in [-0.1, -0.05) is 86.5 Å². The highest BCUT2D eigenvalue weighted by Crippen LogP contribution is 2.37. The largest absolute Gasteiger partial charge is 0.416 e. The number of carbonyl (C=O) groups excluding carboxylic acids is 1. The van der Waals surface area contributed by atoms with Crippen molar-refractivity contribution in [1.82, 2.24) is 10.2 Å². The second-order valence-electron chi connectivity index (χ2n) is 11.2. The number of nitrogens with zero attached hydrogens (tertiary/aromatic N) is 2. The van der Waals surface area contributed by atoms with E-state index in [2.05, 4.69) is 46.0 Å². The van der Waals surface area contributed by atoms with Gasteiger partial charge in [0.05, 0.1) is 11.1 Å². The summed E-state index contributed by atoms with van der Waals surface area (Å²) in [4.78, 5) is 18.1. The smallest absolute Gasteiger partial charge is 0.370 e. The van der Waals surface area contributed by atoms with Gasteiger partial charge in [0.15, 0.2) is 0 Å². The molecule has 3 aromatic rings. The fraction of sp³-hybridized carbons (Fsp3) is 0.382. The van der Waals surface area contributed by atoms with Gasteiger partial charge in [0.25, 0.3) is 0 Å². The summed E-state index contributed by atoms with van der Waals surface area (Å²) in [7, 11) is 0. The molecule has 0 unspecified atom stereocenters. The predicted molar refractivity (Wildman–Crippen MR) is 158 cm³/mol. The van der Waals surface area contributed by atoms with Crippen LogP contribution in [0.5, 0.6) is 0 Å². The van der Waals surface area contributed by atoms with Crippen LogP contribution in [0.1, 0.15) is 61.1 Å². The topological polar surface area (TPSA) is 35.6 Å². The quantitative estimate of drug-likeness (QED) is 0.312. The molecule has 0 atom stereocenters. The maximum atomic E-state index is 13.7. The minimum Gasteiger partial charge on any atom is -0.370 e. The summed E-state index contributed by atoms with van der Waals surface area (Å²) in [5.41, 5.74) is 2.86. The van der Waals surface area contributed by atoms with Crippen LogP contribution in [0.4, 0.5) is 18.9 Å². The molecule has 1 saturated carbocycles. The van der Waals surface area contributed by atoms with Crippen molar-refractivity contribution in [2.75, 3.05) is 31.1 Å². The molecule has 1 aliphatic heterocycles. The van der Waals surface area contributed by atoms with Crippen LogP contribution < -0.4 is 10.2 Å². The van der Waals surface area contributed by atoms with Crippen LogP contribution in [0.25, 0.3) is 0 Å². The van der Waals surface area contributed by atoms with Crippen LogP contribution in [-0.4, -0.2) is 42.5 Å². The Bertz CT molecular complexity index is 1260. The minimum atomic E-state index is -4.34. The van der Waals surface area contributed by atoms with E-state index in [1.165, 1.54) is 0 Å². The number of anilines is 1. The number of rotatable bonds is 8. The summed E-state index contributed by atoms with van der Waals surface area (Å²) >= 11 is 0. The minimum absolute atomic E-state index is 0.0224. The average Bonchev–Trinajstić information content (AvgIpc) is 3.00. The van der Waals surface area contributed by atoms with E-state index in [0.717, 1.165) is 66.7 Å². The fourth-order valence-corrected chi connectivity index (χ4v) is 6.34. The van der Waals surface area contributed by atoms with Gasteiger partial charge in [-0.05, 0) is 48.2 Å². The molecule has 1 saturated heterocycles. The normalized spacial score (nSPS) is 17.4. The van der Waals surface area contributed by atoms with Crippen LogP contribution >= 0.6 is 0 Å². The molecule has 2 fully saturated rings. The van der Waals surface area contributed by atoms with E-state index < -0.39 is 17.3 Å². The Balaban J connectivity index is 1.27. The van der Waals surface area contributed by atoms with E-state index in [0.29, 0.717) is 32.6 Å². The standard InChI is InChI=1S/C34H38F3N3O/c1-26(39-21-23-40(24-22-39)30-17-15-29(16-18-30)34(35,36)37)33(19-9-4-10-20-33)38-32(41)25-31(27-11-5-2-6-12-27)28-13-7-3-8-14-28/h2-3,5-8,11-18,31H,1,4,9-10,19-25H2,(H,38,41). The zero-order chi connectivity index (χ0) is 28.9. The maximum Gasteiger partial charge on any atom is 0.416 e. The molecule has 0 aromatic heterocycles. The van der Waals surface area contributed by atoms with Crippen molar-refractivity contribution in [2.24, 2.45) is 0 Å². The number of benzene rings is 3. The lowest BCUT2D eigenvalue weighted by atomic mass is 9.78. The molecule has 1 heterocycles. The molecule has 7 heteroatoms. The summed E-state index contributed by atoms with van der Waals surface area (Å²) in [5, 5.41) is 3.46. The molecular weight excluding hydrogens is 523 g/mol. The third kappa shape index (κ3) is 6.77. The van der Waals surface area contributed by atoms with Crippen molar-refractivity contribution >= 4 is 11.6 Å². The Morgan fingerprint density at radius 2 is 1.34 bits per heavy atom. The molecule has 1 amide bonds. The predicted octanol–water partition coefficient (Wildman–Crippen LogP) is 7.38. The maximum absolute atomic E-state index is 13.7. The molecule has 0 spiro atoms. The lowest BCUT2D eigenvalue weighted by Gasteiger charge is -2.47. The Labute approximate surface area is 240 Å². The number of hydrogen-bond donors (Lipinski definition) is 1. The Kier molecular flexibility index (Phi) is 8.71. The van der Waals surface area contributed by atoms with Crippen LogP contribution in [0.3, 0.4) is 0 Å². The van der Waals surface area contributed by atoms with Gasteiger partial charge in [-0.15, -0.1) is 0 Å². The first-order valence-electron chi connectivity index (χ1n) is 14.5. The lowest BCUT2D eigenvalue weighted by Crippen LogP contribution is -2.57. The van der Waals surface area contributed by atoms with Crippen molar-refractivity contribution in [3.05, 3.63) is 114 Å². The van der Waals surface area contributed by atoms with Gasteiger partial charge in [0, 0.05) is 49.9 Å². The number of hydrogen-bond acceptors (Lipinski definition) is 3. The van der Waals surface area contributed by atoms with Crippen molar-refractivity contribution in [1.29, 1.82) is 0 Å². The van der Waals surface area contributed by atoms with Crippen LogP contribution in [0.2, 0.25) is 0 Å². The molecule has 41 heavy (non-hydrogen) atoms. The molecule has 216 valence electrons. The monoisotopic (exact) mass is 561 g/mol. The summed E-state index contributed by atoms with van der Waals surface area (Å²) in [6, 6.07) is 25.7. The summed E-state index contributed by atoms with van der Waals surface area (Å²) in [6.45, 7) is 7.29. The van der Waals surface area contributed by atoms with Crippen LogP contribution in [-0.2, 0) is 11.0 Å². The number of amides is 1. The molecule has 0 bridgehead atoms. The average molecular weight is 562 g/mol. The van der Waals surface area contributed by atoms with Crippen LogP contribution in [0, 0.1) is 0 Å². The molecule has 5 rings (SSSR count). The SMILES string of the molecule is C=C(N1CCN(c2ccc(C(F)(F)F)cc2)CC1)C1(NC(=O)CC(c2ccccc2)c2ccccc2)CCCCC1. The lowest BCUT2D eigenvalue weighted by molar-refractivity contribution is -0.137. The highest BCUT2D eigenvalue weighted by atomic mass is 19.4. The number of alkyl halides is 3. The molecule has 0 radical (unpaired) electrons. The third-order valence-corrected chi connectivity index (χ3v) is 8.65. The van der Waals surface area contributed by atoms with Gasteiger partial charge in [0.2, 0.25) is 5.91 Å². The van der Waals surface area contributed by atoms with Gasteiger partial charge in [-0.25, -0.2) is 0 Å². The third-order valence-electron chi connectivity index (χ3n) is 8.65. The van der Waals surface area contributed by atoms with Gasteiger partial charge in [-0.2, -0.15) is 13.2 Å². The molecular formula is C34H38F3N3O.